The number of urea groups is 1. The Labute approximate surface area is 117 Å². The molecule has 1 N–H and O–H groups in total. The van der Waals surface area contributed by atoms with E-state index in [9.17, 15) is 18.0 Å². The van der Waals surface area contributed by atoms with E-state index in [2.05, 4.69) is 5.32 Å². The summed E-state index contributed by atoms with van der Waals surface area (Å²) in [5.74, 6) is -0.0305. The van der Waals surface area contributed by atoms with Crippen molar-refractivity contribution in [1.29, 1.82) is 0 Å². The number of nitrogens with zero attached hydrogens (tertiary/aromatic N) is 1. The summed E-state index contributed by atoms with van der Waals surface area (Å²) in [5.41, 5.74) is 1.15. The molecule has 108 valence electrons. The highest BCUT2D eigenvalue weighted by Crippen LogP contribution is 2.12. The van der Waals surface area contributed by atoms with Crippen LogP contribution >= 0.6 is 0 Å². The minimum Gasteiger partial charge on any atom is -0.322 e. The van der Waals surface area contributed by atoms with Crippen molar-refractivity contribution in [3.05, 3.63) is 29.8 Å². The van der Waals surface area contributed by atoms with E-state index in [1.165, 1.54) is 11.8 Å². The first-order valence-electron chi connectivity index (χ1n) is 6.25. The Morgan fingerprint density at radius 3 is 2.15 bits per heavy atom. The third-order valence-corrected chi connectivity index (χ3v) is 4.78. The maximum atomic E-state index is 12.0. The largest absolute Gasteiger partial charge is 0.322 e. The Bertz CT molecular complexity index is 608. The normalized spacial score (nSPS) is 17.6. The monoisotopic (exact) mass is 296 g/mol. The minimum atomic E-state index is -3.00. The van der Waals surface area contributed by atoms with Crippen LogP contribution in [0.5, 0.6) is 0 Å². The number of carbonyl (C=O) groups is 2. The quantitative estimate of drug-likeness (QED) is 0.830. The minimum absolute atomic E-state index is 0.00367. The number of anilines is 1. The molecular weight excluding hydrogens is 280 g/mol. The van der Waals surface area contributed by atoms with Crippen molar-refractivity contribution in [1.82, 2.24) is 4.90 Å². The Balaban J connectivity index is 1.96. The topological polar surface area (TPSA) is 83.6 Å². The fraction of sp³-hybridized carbons (Fsp3) is 0.385. The highest BCUT2D eigenvalue weighted by atomic mass is 32.2. The first-order chi connectivity index (χ1) is 9.37. The number of carbonyl (C=O) groups excluding carboxylic acids is 2. The first kappa shape index (κ1) is 14.5. The summed E-state index contributed by atoms with van der Waals surface area (Å²) in [7, 11) is -3.00. The average molecular weight is 296 g/mol. The zero-order valence-electron chi connectivity index (χ0n) is 11.1. The lowest BCUT2D eigenvalue weighted by atomic mass is 10.1. The van der Waals surface area contributed by atoms with Gasteiger partial charge in [-0.05, 0) is 31.2 Å². The Morgan fingerprint density at radius 1 is 1.10 bits per heavy atom. The van der Waals surface area contributed by atoms with E-state index < -0.39 is 9.84 Å². The van der Waals surface area contributed by atoms with E-state index in [1.807, 2.05) is 0 Å². The number of nitrogens with one attached hydrogen (secondary N) is 1. The van der Waals surface area contributed by atoms with Crippen molar-refractivity contribution in [2.24, 2.45) is 0 Å². The van der Waals surface area contributed by atoms with E-state index in [0.29, 0.717) is 11.3 Å². The second kappa shape index (κ2) is 5.62. The van der Waals surface area contributed by atoms with Crippen molar-refractivity contribution < 1.29 is 18.0 Å². The first-order valence-corrected chi connectivity index (χ1v) is 8.07. The number of rotatable bonds is 2. The van der Waals surface area contributed by atoms with Gasteiger partial charge in [0.1, 0.15) is 0 Å². The average Bonchev–Trinajstić information content (AvgIpc) is 2.39. The molecule has 0 aromatic heterocycles. The molecule has 0 spiro atoms. The van der Waals surface area contributed by atoms with Crippen molar-refractivity contribution in [3.63, 3.8) is 0 Å². The van der Waals surface area contributed by atoms with Crippen molar-refractivity contribution in [2.75, 3.05) is 29.9 Å². The summed E-state index contributed by atoms with van der Waals surface area (Å²) < 4.78 is 22.6. The Morgan fingerprint density at radius 2 is 1.65 bits per heavy atom. The third kappa shape index (κ3) is 3.57. The van der Waals surface area contributed by atoms with Crippen LogP contribution in [0, 0.1) is 0 Å². The van der Waals surface area contributed by atoms with Gasteiger partial charge in [0.2, 0.25) is 0 Å². The lowest BCUT2D eigenvalue weighted by Gasteiger charge is -2.26. The number of benzene rings is 1. The number of hydrogen-bond acceptors (Lipinski definition) is 4. The van der Waals surface area contributed by atoms with Crippen LogP contribution in [0.3, 0.4) is 0 Å². The summed E-state index contributed by atoms with van der Waals surface area (Å²) in [6, 6.07) is 6.25. The van der Waals surface area contributed by atoms with Crippen LogP contribution in [-0.4, -0.2) is 49.7 Å². The molecule has 1 fully saturated rings. The van der Waals surface area contributed by atoms with Crippen molar-refractivity contribution >= 4 is 27.3 Å². The van der Waals surface area contributed by atoms with Gasteiger partial charge in [-0.15, -0.1) is 0 Å². The van der Waals surface area contributed by atoms with E-state index >= 15 is 0 Å². The fourth-order valence-corrected chi connectivity index (χ4v) is 3.11. The molecule has 0 bridgehead atoms. The van der Waals surface area contributed by atoms with E-state index in [4.69, 9.17) is 0 Å². The Kier molecular flexibility index (Phi) is 4.08. The van der Waals surface area contributed by atoms with Crippen LogP contribution in [0.4, 0.5) is 10.5 Å². The Hall–Kier alpha value is -1.89. The number of hydrogen-bond donors (Lipinski definition) is 1. The standard InChI is InChI=1S/C13H16N2O4S/c1-10(16)11-2-4-12(5-3-11)14-13(17)15-6-8-20(18,19)9-7-15/h2-5H,6-9H2,1H3,(H,14,17). The lowest BCUT2D eigenvalue weighted by Crippen LogP contribution is -2.45. The van der Waals surface area contributed by atoms with Gasteiger partial charge in [0, 0.05) is 24.3 Å². The second-order valence-electron chi connectivity index (χ2n) is 4.70. The molecular formula is C13H16N2O4S. The lowest BCUT2D eigenvalue weighted by molar-refractivity contribution is 0.101. The molecule has 1 aliphatic rings. The zero-order chi connectivity index (χ0) is 14.8. The van der Waals surface area contributed by atoms with Gasteiger partial charge >= 0.3 is 6.03 Å². The summed E-state index contributed by atoms with van der Waals surface area (Å²) in [6.45, 7) is 1.89. The van der Waals surface area contributed by atoms with Gasteiger partial charge in [-0.2, -0.15) is 0 Å². The van der Waals surface area contributed by atoms with Crippen LogP contribution in [0.15, 0.2) is 24.3 Å². The third-order valence-electron chi connectivity index (χ3n) is 3.17. The molecule has 1 aromatic rings. The molecule has 2 amide bonds. The molecule has 1 aromatic carbocycles. The van der Waals surface area contributed by atoms with Gasteiger partial charge in [0.15, 0.2) is 15.6 Å². The summed E-state index contributed by atoms with van der Waals surface area (Å²) in [4.78, 5) is 24.6. The number of sulfone groups is 1. The zero-order valence-corrected chi connectivity index (χ0v) is 11.9. The molecule has 0 unspecified atom stereocenters. The van der Waals surface area contributed by atoms with Crippen LogP contribution in [0.2, 0.25) is 0 Å². The molecule has 0 radical (unpaired) electrons. The number of Topliss-reactive ketones (excluding diaryl/α,β-unsaturated/α-hetero) is 1. The molecule has 2 rings (SSSR count). The predicted octanol–water partition coefficient (Wildman–Crippen LogP) is 1.15. The molecule has 0 aliphatic carbocycles. The van der Waals surface area contributed by atoms with E-state index in [1.54, 1.807) is 24.3 Å². The van der Waals surface area contributed by atoms with Crippen LogP contribution in [0.1, 0.15) is 17.3 Å². The molecule has 1 heterocycles. The molecule has 7 heteroatoms. The van der Waals surface area contributed by atoms with Gasteiger partial charge < -0.3 is 10.2 Å². The SMILES string of the molecule is CC(=O)c1ccc(NC(=O)N2CCS(=O)(=O)CC2)cc1. The summed E-state index contributed by atoms with van der Waals surface area (Å²) in [5, 5.41) is 2.69. The van der Waals surface area contributed by atoms with Crippen LogP contribution in [-0.2, 0) is 9.84 Å². The highest BCUT2D eigenvalue weighted by molar-refractivity contribution is 7.91. The molecule has 6 nitrogen and oxygen atoms in total. The maximum Gasteiger partial charge on any atom is 0.321 e. The molecule has 20 heavy (non-hydrogen) atoms. The van der Waals surface area contributed by atoms with Gasteiger partial charge in [-0.3, -0.25) is 4.79 Å². The van der Waals surface area contributed by atoms with Crippen LogP contribution < -0.4 is 5.32 Å². The number of amides is 2. The highest BCUT2D eigenvalue weighted by Gasteiger charge is 2.24. The molecule has 0 atom stereocenters. The predicted molar refractivity (Wildman–Crippen MR) is 75.7 cm³/mol. The van der Waals surface area contributed by atoms with E-state index in [-0.39, 0.29) is 36.4 Å². The van der Waals surface area contributed by atoms with Crippen molar-refractivity contribution in [2.45, 2.75) is 6.92 Å². The fourth-order valence-electron chi connectivity index (χ4n) is 1.91. The van der Waals surface area contributed by atoms with Gasteiger partial charge in [-0.1, -0.05) is 0 Å². The second-order valence-corrected chi connectivity index (χ2v) is 7.01. The molecule has 0 saturated carbocycles. The molecule has 1 saturated heterocycles. The summed E-state index contributed by atoms with van der Waals surface area (Å²) in [6.07, 6.45) is 0. The smallest absolute Gasteiger partial charge is 0.321 e. The van der Waals surface area contributed by atoms with Crippen LogP contribution in [0.25, 0.3) is 0 Å². The maximum absolute atomic E-state index is 12.0. The summed E-state index contributed by atoms with van der Waals surface area (Å²) >= 11 is 0. The van der Waals surface area contributed by atoms with Gasteiger partial charge in [0.25, 0.3) is 0 Å². The van der Waals surface area contributed by atoms with Gasteiger partial charge in [-0.25, -0.2) is 13.2 Å². The molecule has 1 aliphatic heterocycles. The number of ketones is 1. The van der Waals surface area contributed by atoms with Gasteiger partial charge in [0.05, 0.1) is 11.5 Å². The van der Waals surface area contributed by atoms with E-state index in [0.717, 1.165) is 0 Å². The van der Waals surface area contributed by atoms with Crippen molar-refractivity contribution in [3.8, 4) is 0 Å².